The van der Waals surface area contributed by atoms with Crippen molar-refractivity contribution in [1.82, 2.24) is 24.9 Å². The van der Waals surface area contributed by atoms with E-state index in [9.17, 15) is 0 Å². The summed E-state index contributed by atoms with van der Waals surface area (Å²) in [5, 5.41) is 0.135. The minimum atomic E-state index is -2.12. The van der Waals surface area contributed by atoms with Crippen LogP contribution in [-0.2, 0) is 13.6 Å². The van der Waals surface area contributed by atoms with Crippen molar-refractivity contribution in [3.8, 4) is 17.0 Å². The van der Waals surface area contributed by atoms with Gasteiger partial charge in [0.1, 0.15) is 18.9 Å². The predicted molar refractivity (Wildman–Crippen MR) is 205 cm³/mol. The minimum absolute atomic E-state index is 0.0517. The van der Waals surface area contributed by atoms with Gasteiger partial charge in [-0.15, -0.1) is 0 Å². The molecule has 0 radical (unpaired) electrons. The first-order valence-electron chi connectivity index (χ1n) is 17.7. The fraction of sp³-hybridized carbons (Fsp3) is 0.500. The van der Waals surface area contributed by atoms with Gasteiger partial charge in [0.25, 0.3) is 0 Å². The molecule has 2 aliphatic rings. The molecule has 1 saturated heterocycles. The number of hydrogen-bond acceptors (Lipinski definition) is 9. The van der Waals surface area contributed by atoms with Crippen LogP contribution in [0.1, 0.15) is 71.4 Å². The predicted octanol–water partition coefficient (Wildman–Crippen LogP) is 8.78. The SMILES string of the molecule is C=CCOc1nc(NNC2c3ccccc3-c3ccccc32)nc2c1ncn2[C@H]1C[C@H](O[Si](C)(C)C(C)(C)C)[C@@H](CO[Si](C)(C)C(C)(C)C)O1. The monoisotopic (exact) mass is 714 g/mol. The van der Waals surface area contributed by atoms with Crippen molar-refractivity contribution >= 4 is 33.7 Å². The largest absolute Gasteiger partial charge is 0.472 e. The van der Waals surface area contributed by atoms with E-state index in [1.165, 1.54) is 22.3 Å². The van der Waals surface area contributed by atoms with Crippen molar-refractivity contribution in [2.45, 2.75) is 109 Å². The van der Waals surface area contributed by atoms with Gasteiger partial charge in [0.2, 0.25) is 11.8 Å². The molecular weight excluding hydrogens is 661 g/mol. The van der Waals surface area contributed by atoms with Crippen LogP contribution in [0.4, 0.5) is 5.95 Å². The Balaban J connectivity index is 1.31. The Kier molecular flexibility index (Phi) is 9.92. The molecule has 3 heterocycles. The van der Waals surface area contributed by atoms with Crippen LogP contribution in [0.15, 0.2) is 67.5 Å². The molecule has 3 atom stereocenters. The molecule has 6 rings (SSSR count). The standard InChI is InChI=1S/C38H54N6O4Si2/c1-12-21-45-35-33-34(40-36(41-35)43-42-32-27-19-15-13-17-25(27)26-18-14-16-20-28(26)32)44(24-39-33)31-22-29(48-50(10,11)38(5,6)7)30(47-31)23-46-49(8,9)37(2,3)4/h12-20,24,29-32,42H,1,21-23H2,2-11H3,(H,40,41,43)/t29-,30+,31+/m0/s1. The summed E-state index contributed by atoms with van der Waals surface area (Å²) in [7, 11) is -4.15. The Bertz CT molecular complexity index is 1800. The number of ether oxygens (including phenoxy) is 2. The zero-order valence-electron chi connectivity index (χ0n) is 31.3. The Hall–Kier alpha value is -3.40. The molecule has 0 amide bonds. The summed E-state index contributed by atoms with van der Waals surface area (Å²) in [4.78, 5) is 14.4. The van der Waals surface area contributed by atoms with Crippen LogP contribution in [0.5, 0.6) is 5.88 Å². The van der Waals surface area contributed by atoms with Gasteiger partial charge in [-0.2, -0.15) is 9.97 Å². The third-order valence-electron chi connectivity index (χ3n) is 11.0. The first-order valence-corrected chi connectivity index (χ1v) is 23.5. The second-order valence-corrected chi connectivity index (χ2v) is 26.1. The number of hydrazine groups is 1. The smallest absolute Gasteiger partial charge is 0.247 e. The molecule has 268 valence electrons. The Morgan fingerprint density at radius 2 is 1.54 bits per heavy atom. The number of nitrogens with zero attached hydrogens (tertiary/aromatic N) is 4. The molecule has 1 aliphatic carbocycles. The Morgan fingerprint density at radius 3 is 2.14 bits per heavy atom. The Labute approximate surface area is 299 Å². The second kappa shape index (κ2) is 13.6. The fourth-order valence-corrected chi connectivity index (χ4v) is 8.42. The lowest BCUT2D eigenvalue weighted by Crippen LogP contribution is -2.48. The van der Waals surface area contributed by atoms with Crippen LogP contribution < -0.4 is 15.6 Å². The molecule has 0 saturated carbocycles. The Morgan fingerprint density at radius 1 is 0.920 bits per heavy atom. The van der Waals surface area contributed by atoms with E-state index in [1.54, 1.807) is 12.4 Å². The van der Waals surface area contributed by atoms with Gasteiger partial charge in [-0.1, -0.05) is 103 Å². The lowest BCUT2D eigenvalue weighted by atomic mass is 10.1. The van der Waals surface area contributed by atoms with Crippen molar-refractivity contribution in [3.05, 3.63) is 78.6 Å². The molecular formula is C38H54N6O4Si2. The van der Waals surface area contributed by atoms with Gasteiger partial charge in [0.15, 0.2) is 27.8 Å². The van der Waals surface area contributed by atoms with Crippen molar-refractivity contribution in [1.29, 1.82) is 0 Å². The number of benzene rings is 2. The summed E-state index contributed by atoms with van der Waals surface area (Å²) in [5.41, 5.74) is 12.8. The average Bonchev–Trinajstić information content (AvgIpc) is 3.74. The van der Waals surface area contributed by atoms with Gasteiger partial charge in [-0.3, -0.25) is 9.99 Å². The number of hydrogen-bond donors (Lipinski definition) is 2. The van der Waals surface area contributed by atoms with E-state index < -0.39 is 16.6 Å². The summed E-state index contributed by atoms with van der Waals surface area (Å²) < 4.78 is 28.6. The van der Waals surface area contributed by atoms with Gasteiger partial charge in [-0.05, 0) is 58.5 Å². The van der Waals surface area contributed by atoms with Gasteiger partial charge >= 0.3 is 0 Å². The molecule has 10 nitrogen and oxygen atoms in total. The van der Waals surface area contributed by atoms with Gasteiger partial charge < -0.3 is 18.3 Å². The van der Waals surface area contributed by atoms with E-state index in [4.69, 9.17) is 33.3 Å². The topological polar surface area (TPSA) is 105 Å². The van der Waals surface area contributed by atoms with Crippen LogP contribution in [0, 0.1) is 0 Å². The van der Waals surface area contributed by atoms with E-state index in [2.05, 4.69) is 134 Å². The summed E-state index contributed by atoms with van der Waals surface area (Å²) in [5.74, 6) is 0.736. The number of imidazole rings is 1. The summed E-state index contributed by atoms with van der Waals surface area (Å²) in [6.45, 7) is 27.3. The highest BCUT2D eigenvalue weighted by Gasteiger charge is 2.47. The summed E-state index contributed by atoms with van der Waals surface area (Å²) in [6.07, 6.45) is 3.38. The molecule has 50 heavy (non-hydrogen) atoms. The van der Waals surface area contributed by atoms with E-state index >= 15 is 0 Å². The number of nitrogens with one attached hydrogen (secondary N) is 2. The van der Waals surface area contributed by atoms with Crippen LogP contribution >= 0.6 is 0 Å². The molecule has 2 aromatic carbocycles. The highest BCUT2D eigenvalue weighted by molar-refractivity contribution is 6.74. The molecule has 0 unspecified atom stereocenters. The molecule has 2 aromatic heterocycles. The van der Waals surface area contributed by atoms with Gasteiger partial charge in [0.05, 0.1) is 25.1 Å². The number of fused-ring (bicyclic) bond motifs is 4. The molecule has 1 aliphatic heterocycles. The molecule has 0 bridgehead atoms. The number of aromatic nitrogens is 4. The molecule has 2 N–H and O–H groups in total. The van der Waals surface area contributed by atoms with Crippen LogP contribution in [0.2, 0.25) is 36.3 Å². The first-order chi connectivity index (χ1) is 23.5. The van der Waals surface area contributed by atoms with Crippen molar-refractivity contribution in [2.24, 2.45) is 0 Å². The normalized spacial score (nSPS) is 19.8. The maximum Gasteiger partial charge on any atom is 0.247 e. The van der Waals surface area contributed by atoms with E-state index in [0.29, 0.717) is 36.0 Å². The summed E-state index contributed by atoms with van der Waals surface area (Å²) in [6, 6.07) is 16.8. The second-order valence-electron chi connectivity index (χ2n) is 16.5. The van der Waals surface area contributed by atoms with Gasteiger partial charge in [0, 0.05) is 6.42 Å². The summed E-state index contributed by atoms with van der Waals surface area (Å²) >= 11 is 0. The minimum Gasteiger partial charge on any atom is -0.472 e. The third kappa shape index (κ3) is 7.06. The molecule has 1 fully saturated rings. The van der Waals surface area contributed by atoms with Crippen LogP contribution in [0.25, 0.3) is 22.3 Å². The van der Waals surface area contributed by atoms with Crippen molar-refractivity contribution < 1.29 is 18.3 Å². The number of rotatable bonds is 12. The lowest BCUT2D eigenvalue weighted by molar-refractivity contribution is -0.0383. The average molecular weight is 715 g/mol. The van der Waals surface area contributed by atoms with Crippen LogP contribution in [-0.4, -0.2) is 61.6 Å². The first kappa shape index (κ1) is 36.4. The third-order valence-corrected chi connectivity index (χ3v) is 20.1. The number of anilines is 1. The molecule has 12 heteroatoms. The van der Waals surface area contributed by atoms with Gasteiger partial charge in [-0.25, -0.2) is 10.4 Å². The maximum absolute atomic E-state index is 7.05. The lowest BCUT2D eigenvalue weighted by Gasteiger charge is -2.40. The van der Waals surface area contributed by atoms with Crippen molar-refractivity contribution in [2.75, 3.05) is 18.6 Å². The zero-order chi connectivity index (χ0) is 36.1. The van der Waals surface area contributed by atoms with Crippen LogP contribution in [0.3, 0.4) is 0 Å². The van der Waals surface area contributed by atoms with E-state index in [0.717, 1.165) is 0 Å². The quantitative estimate of drug-likeness (QED) is 0.0847. The van der Waals surface area contributed by atoms with E-state index in [-0.39, 0.29) is 41.2 Å². The highest BCUT2D eigenvalue weighted by atomic mass is 28.4. The van der Waals surface area contributed by atoms with E-state index in [1.807, 2.05) is 4.57 Å². The molecule has 0 spiro atoms. The van der Waals surface area contributed by atoms with Crippen molar-refractivity contribution in [3.63, 3.8) is 0 Å². The zero-order valence-corrected chi connectivity index (χ0v) is 33.3. The maximum atomic E-state index is 7.05. The molecule has 4 aromatic rings. The fourth-order valence-electron chi connectivity index (χ4n) is 6.05. The highest BCUT2D eigenvalue weighted by Crippen LogP contribution is 2.44.